The van der Waals surface area contributed by atoms with E-state index in [-0.39, 0.29) is 24.6 Å². The van der Waals surface area contributed by atoms with Crippen LogP contribution in [0.1, 0.15) is 17.2 Å². The Balaban J connectivity index is 1.55. The largest absolute Gasteiger partial charge is 0.367 e. The molecule has 1 fully saturated rings. The van der Waals surface area contributed by atoms with Gasteiger partial charge in [-0.3, -0.25) is 0 Å². The second-order valence-corrected chi connectivity index (χ2v) is 6.41. The van der Waals surface area contributed by atoms with Gasteiger partial charge >= 0.3 is 0 Å². The molecule has 0 unspecified atom stereocenters. The number of hydrogen-bond donors (Lipinski definition) is 0. The summed E-state index contributed by atoms with van der Waals surface area (Å²) in [5.74, 6) is -9.93. The molecule has 0 amide bonds. The minimum absolute atomic E-state index is 0.0358. The van der Waals surface area contributed by atoms with Gasteiger partial charge < -0.3 is 9.64 Å². The van der Waals surface area contributed by atoms with Crippen molar-refractivity contribution >= 4 is 11.5 Å². The predicted octanol–water partition coefficient (Wildman–Crippen LogP) is 3.51. The Labute approximate surface area is 150 Å². The van der Waals surface area contributed by atoms with Gasteiger partial charge in [-0.25, -0.2) is 27.0 Å². The van der Waals surface area contributed by atoms with Crippen LogP contribution in [0.5, 0.6) is 0 Å². The van der Waals surface area contributed by atoms with Gasteiger partial charge in [0.25, 0.3) is 0 Å². The van der Waals surface area contributed by atoms with Crippen molar-refractivity contribution in [2.24, 2.45) is 5.10 Å². The third-order valence-corrected chi connectivity index (χ3v) is 4.95. The van der Waals surface area contributed by atoms with Crippen LogP contribution >= 0.6 is 0 Å². The lowest BCUT2D eigenvalue weighted by molar-refractivity contribution is 0.0119. The number of halogens is 5. The van der Waals surface area contributed by atoms with Crippen molar-refractivity contribution in [3.8, 4) is 0 Å². The first kappa shape index (κ1) is 16.5. The number of fused-ring (bicyclic) bond motifs is 5. The molecule has 3 aliphatic rings. The first-order chi connectivity index (χ1) is 13.0. The van der Waals surface area contributed by atoms with Crippen LogP contribution in [-0.4, -0.2) is 23.4 Å². The number of ether oxygens (including phenoxy) is 1. The molecule has 4 nitrogen and oxygen atoms in total. The molecule has 2 aliphatic heterocycles. The number of anilines is 1. The fourth-order valence-corrected chi connectivity index (χ4v) is 3.72. The number of morpholine rings is 1. The number of hydrazone groups is 1. The van der Waals surface area contributed by atoms with E-state index in [0.29, 0.717) is 11.4 Å². The van der Waals surface area contributed by atoms with Gasteiger partial charge in [0.15, 0.2) is 29.1 Å². The quantitative estimate of drug-likeness (QED) is 0.431. The highest BCUT2D eigenvalue weighted by atomic mass is 19.2. The summed E-state index contributed by atoms with van der Waals surface area (Å²) < 4.78 is 74.4. The van der Waals surface area contributed by atoms with E-state index in [1.165, 1.54) is 4.90 Å². The summed E-state index contributed by atoms with van der Waals surface area (Å²) in [6.45, 7) is 2.66. The number of nitrogens with zero attached hydrogens (tertiary/aromatic N) is 3. The van der Waals surface area contributed by atoms with Crippen LogP contribution in [0.15, 0.2) is 29.4 Å². The maximum absolute atomic E-state index is 14.1. The monoisotopic (exact) mass is 379 g/mol. The molecule has 9 heteroatoms. The summed E-state index contributed by atoms with van der Waals surface area (Å²) in [4.78, 5) is 1.54. The fraction of sp³-hybridized carbons (Fsp3) is 0.222. The topological polar surface area (TPSA) is 28.1 Å². The van der Waals surface area contributed by atoms with Crippen LogP contribution in [-0.2, 0) is 11.2 Å². The van der Waals surface area contributed by atoms with E-state index in [1.807, 2.05) is 24.3 Å². The summed E-state index contributed by atoms with van der Waals surface area (Å²) >= 11 is 0. The first-order valence-electron chi connectivity index (χ1n) is 8.11. The van der Waals surface area contributed by atoms with Crippen molar-refractivity contribution < 1.29 is 26.7 Å². The zero-order valence-corrected chi connectivity index (χ0v) is 13.5. The van der Waals surface area contributed by atoms with Crippen molar-refractivity contribution in [2.75, 3.05) is 11.6 Å². The predicted molar refractivity (Wildman–Crippen MR) is 83.9 cm³/mol. The second-order valence-electron chi connectivity index (χ2n) is 6.41. The van der Waals surface area contributed by atoms with Gasteiger partial charge in [-0.15, -0.1) is 0 Å². The minimum Gasteiger partial charge on any atom is -0.367 e. The van der Waals surface area contributed by atoms with Crippen LogP contribution in [0.25, 0.3) is 0 Å². The van der Waals surface area contributed by atoms with Crippen LogP contribution in [0.2, 0.25) is 0 Å². The van der Waals surface area contributed by atoms with Gasteiger partial charge in [-0.05, 0) is 11.1 Å². The lowest BCUT2D eigenvalue weighted by Gasteiger charge is -2.35. The fourth-order valence-electron chi connectivity index (χ4n) is 3.72. The maximum Gasteiger partial charge on any atom is 0.233 e. The third kappa shape index (κ3) is 2.21. The van der Waals surface area contributed by atoms with Crippen molar-refractivity contribution in [1.82, 2.24) is 4.90 Å². The van der Waals surface area contributed by atoms with E-state index < -0.39 is 34.8 Å². The van der Waals surface area contributed by atoms with Crippen LogP contribution < -0.4 is 5.01 Å². The highest BCUT2D eigenvalue weighted by Crippen LogP contribution is 2.44. The van der Waals surface area contributed by atoms with Gasteiger partial charge in [-0.1, -0.05) is 24.3 Å². The average molecular weight is 379 g/mol. The van der Waals surface area contributed by atoms with Crippen LogP contribution in [0, 0.1) is 35.8 Å². The molecule has 1 aliphatic carbocycles. The third-order valence-electron chi connectivity index (χ3n) is 4.95. The maximum atomic E-state index is 14.1. The molecule has 2 heterocycles. The lowest BCUT2D eigenvalue weighted by atomic mass is 10.1. The number of benzene rings is 2. The number of rotatable bonds is 1. The molecule has 0 N–H and O–H groups in total. The second kappa shape index (κ2) is 5.66. The highest BCUT2D eigenvalue weighted by Gasteiger charge is 2.47. The zero-order chi connectivity index (χ0) is 18.9. The van der Waals surface area contributed by atoms with Gasteiger partial charge in [0.1, 0.15) is 12.3 Å². The van der Waals surface area contributed by atoms with Crippen LogP contribution in [0.4, 0.5) is 27.6 Å². The average Bonchev–Trinajstić information content (AvgIpc) is 3.25. The van der Waals surface area contributed by atoms with E-state index in [2.05, 4.69) is 11.8 Å². The number of amidine groups is 1. The summed E-state index contributed by atoms with van der Waals surface area (Å²) in [5, 5.41) is 4.51. The molecule has 0 saturated carbocycles. The van der Waals surface area contributed by atoms with E-state index >= 15 is 0 Å². The van der Waals surface area contributed by atoms with E-state index in [4.69, 9.17) is 4.74 Å². The van der Waals surface area contributed by atoms with Crippen molar-refractivity contribution in [3.05, 3.63) is 71.1 Å². The van der Waals surface area contributed by atoms with Gasteiger partial charge in [0.05, 0.1) is 12.1 Å². The first-order valence-corrected chi connectivity index (χ1v) is 8.11. The molecule has 0 aromatic heterocycles. The Morgan fingerprint density at radius 2 is 1.63 bits per heavy atom. The Morgan fingerprint density at radius 3 is 2.37 bits per heavy atom. The molecule has 2 radical (unpaired) electrons. The van der Waals surface area contributed by atoms with Gasteiger partial charge in [-0.2, -0.15) is 5.10 Å². The standard InChI is InChI=1S/C18H10F5N3O/c19-12-13(20)15(22)18(16(23)14(12)21)26-7-25-11(24-26)6-27-10-5-8-3-1-2-4-9(8)17(10)25/h1-4,10,17H,5-6H2/t10-,17+/m0/s1. The molecule has 0 bridgehead atoms. The Morgan fingerprint density at radius 1 is 0.963 bits per heavy atom. The van der Waals surface area contributed by atoms with E-state index in [9.17, 15) is 22.0 Å². The van der Waals surface area contributed by atoms with Crippen molar-refractivity contribution in [3.63, 3.8) is 0 Å². The molecule has 0 spiro atoms. The number of hydrogen-bond acceptors (Lipinski definition) is 4. The Bertz CT molecular complexity index is 966. The highest BCUT2D eigenvalue weighted by molar-refractivity contribution is 5.89. The van der Waals surface area contributed by atoms with E-state index in [0.717, 1.165) is 11.1 Å². The molecule has 5 rings (SSSR count). The lowest BCUT2D eigenvalue weighted by Crippen LogP contribution is -2.44. The Hall–Kier alpha value is -2.68. The molecule has 1 saturated heterocycles. The molecular weight excluding hydrogens is 369 g/mol. The van der Waals surface area contributed by atoms with Gasteiger partial charge in [0.2, 0.25) is 12.5 Å². The normalized spacial score (nSPS) is 23.2. The smallest absolute Gasteiger partial charge is 0.233 e. The summed E-state index contributed by atoms with van der Waals surface area (Å²) in [6, 6.07) is 7.26. The van der Waals surface area contributed by atoms with E-state index in [1.54, 1.807) is 0 Å². The Kier molecular flexibility index (Phi) is 3.45. The van der Waals surface area contributed by atoms with Crippen LogP contribution in [0.3, 0.4) is 0 Å². The molecular formula is C18H10F5N3O. The molecule has 27 heavy (non-hydrogen) atoms. The zero-order valence-electron chi connectivity index (χ0n) is 13.5. The molecule has 2 aromatic carbocycles. The molecule has 2 aromatic rings. The minimum atomic E-state index is -2.22. The van der Waals surface area contributed by atoms with Crippen molar-refractivity contribution in [1.29, 1.82) is 0 Å². The summed E-state index contributed by atoms with van der Waals surface area (Å²) in [6.07, 6.45) is 0.430. The summed E-state index contributed by atoms with van der Waals surface area (Å²) in [7, 11) is 0. The molecule has 2 atom stereocenters. The SMILES string of the molecule is Fc1c(F)c(F)c(N2[C]N3C(=N2)CO[C@H]2Cc4ccccc4[C@H]23)c(F)c1F. The molecule has 138 valence electrons. The summed E-state index contributed by atoms with van der Waals surface area (Å²) in [5.41, 5.74) is 0.836. The van der Waals surface area contributed by atoms with Crippen molar-refractivity contribution in [2.45, 2.75) is 18.6 Å². The van der Waals surface area contributed by atoms with Gasteiger partial charge in [0, 0.05) is 6.42 Å².